The third-order valence-corrected chi connectivity index (χ3v) is 11.3. The van der Waals surface area contributed by atoms with Crippen molar-refractivity contribution in [3.05, 3.63) is 155 Å². The lowest BCUT2D eigenvalue weighted by atomic mass is 9.94. The predicted molar refractivity (Wildman–Crippen MR) is 228 cm³/mol. The van der Waals surface area contributed by atoms with E-state index in [1.165, 1.54) is 30.7 Å². The number of nitrogens with one attached hydrogen (secondary N) is 2. The number of β-lactam (4-membered cyclic amide) rings is 1. The number of benzene rings is 4. The smallest absolute Gasteiger partial charge is 0.355 e. The number of hydrogen-bond acceptors (Lipinski definition) is 10. The van der Waals surface area contributed by atoms with E-state index in [4.69, 9.17) is 25.8 Å². The van der Waals surface area contributed by atoms with Crippen molar-refractivity contribution in [3.63, 3.8) is 0 Å². The Morgan fingerprint density at radius 3 is 1.63 bits per heavy atom. The van der Waals surface area contributed by atoms with Crippen LogP contribution in [0.5, 0.6) is 0 Å². The van der Waals surface area contributed by atoms with Gasteiger partial charge < -0.3 is 24.8 Å². The van der Waals surface area contributed by atoms with E-state index in [1.54, 1.807) is 13.8 Å². The standard InChI is InChI=1S/C46H48ClN3O9S/c1-30(2)39(44(55)58-40(31-17-9-5-10-18-31)32-19-11-6-12-20-32)50-42(54)38(43(50)60-28-26-37(53)57-4)48-35(51)25-27-46(3,49-36(52)29-47)45(56)59-41(33-21-13-7-14-22-33)34-23-15-8-16-24-34/h5-24,38,40-41,43H,25-29H2,1-4H3,(H,48,51)(H,49,52). The van der Waals surface area contributed by atoms with Crippen molar-refractivity contribution >= 4 is 59.0 Å². The number of rotatable bonds is 19. The quantitative estimate of drug-likeness (QED) is 0.0339. The van der Waals surface area contributed by atoms with Crippen LogP contribution in [0.15, 0.2) is 133 Å². The number of amides is 3. The molecule has 0 aliphatic carbocycles. The third-order valence-electron chi connectivity index (χ3n) is 9.79. The molecule has 0 radical (unpaired) electrons. The van der Waals surface area contributed by atoms with Crippen molar-refractivity contribution in [2.75, 3.05) is 18.7 Å². The van der Waals surface area contributed by atoms with Gasteiger partial charge in [0.05, 0.1) is 13.5 Å². The molecule has 3 amide bonds. The Hall–Kier alpha value is -5.92. The number of alkyl halides is 1. The molecule has 0 aromatic heterocycles. The molecule has 0 bridgehead atoms. The lowest BCUT2D eigenvalue weighted by molar-refractivity contribution is -0.157. The van der Waals surface area contributed by atoms with Gasteiger partial charge in [0.1, 0.15) is 28.5 Å². The molecule has 12 nitrogen and oxygen atoms in total. The molecule has 1 aliphatic heterocycles. The molecule has 0 spiro atoms. The maximum atomic E-state index is 14.1. The van der Waals surface area contributed by atoms with Crippen LogP contribution in [0, 0.1) is 0 Å². The number of allylic oxidation sites excluding steroid dienone is 1. The Morgan fingerprint density at radius 2 is 1.20 bits per heavy atom. The number of carbonyl (C=O) groups is 6. The van der Waals surface area contributed by atoms with Gasteiger partial charge in [0.25, 0.3) is 5.91 Å². The van der Waals surface area contributed by atoms with Crippen molar-refractivity contribution in [1.29, 1.82) is 0 Å². The third kappa shape index (κ3) is 11.4. The Morgan fingerprint density at radius 1 is 0.733 bits per heavy atom. The van der Waals surface area contributed by atoms with Crippen LogP contribution < -0.4 is 10.6 Å². The molecule has 1 fully saturated rings. The lowest BCUT2D eigenvalue weighted by Crippen LogP contribution is -2.69. The summed E-state index contributed by atoms with van der Waals surface area (Å²) in [6.45, 7) is 4.81. The number of carbonyl (C=O) groups excluding carboxylic acids is 6. The van der Waals surface area contributed by atoms with Crippen LogP contribution in [-0.2, 0) is 43.0 Å². The van der Waals surface area contributed by atoms with E-state index in [9.17, 15) is 28.8 Å². The van der Waals surface area contributed by atoms with Gasteiger partial charge in [-0.2, -0.15) is 0 Å². The first kappa shape index (κ1) is 45.2. The van der Waals surface area contributed by atoms with Gasteiger partial charge in [0, 0.05) is 12.2 Å². The van der Waals surface area contributed by atoms with E-state index in [0.29, 0.717) is 16.7 Å². The van der Waals surface area contributed by atoms with E-state index >= 15 is 0 Å². The SMILES string of the molecule is COC(=O)CCSC1C(NC(=O)CCC(C)(NC(=O)CCl)C(=O)OC(c2ccccc2)c2ccccc2)C(=O)N1C(C(=O)OC(c1ccccc1)c1ccccc1)=C(C)C. The zero-order valence-corrected chi connectivity index (χ0v) is 35.4. The Kier molecular flexibility index (Phi) is 16.1. The van der Waals surface area contributed by atoms with Gasteiger partial charge in [-0.25, -0.2) is 9.59 Å². The minimum atomic E-state index is -1.71. The minimum Gasteiger partial charge on any atom is -0.469 e. The van der Waals surface area contributed by atoms with Crippen LogP contribution in [0.2, 0.25) is 0 Å². The number of ether oxygens (including phenoxy) is 3. The zero-order valence-electron chi connectivity index (χ0n) is 33.8. The highest BCUT2D eigenvalue weighted by atomic mass is 35.5. The lowest BCUT2D eigenvalue weighted by Gasteiger charge is -2.47. The number of thioether (sulfide) groups is 1. The second-order valence-electron chi connectivity index (χ2n) is 14.4. The molecule has 1 aliphatic rings. The number of likely N-dealkylation sites (tertiary alicyclic amines) is 1. The van der Waals surface area contributed by atoms with Gasteiger partial charge in [-0.15, -0.1) is 23.4 Å². The number of nitrogens with zero attached hydrogens (tertiary/aromatic N) is 1. The fourth-order valence-corrected chi connectivity index (χ4v) is 7.98. The van der Waals surface area contributed by atoms with Crippen molar-refractivity contribution < 1.29 is 43.0 Å². The van der Waals surface area contributed by atoms with Gasteiger partial charge in [-0.05, 0) is 55.0 Å². The number of methoxy groups -OCH3 is 1. The topological polar surface area (TPSA) is 157 Å². The summed E-state index contributed by atoms with van der Waals surface area (Å²) >= 11 is 7.03. The molecule has 1 heterocycles. The van der Waals surface area contributed by atoms with E-state index < -0.39 is 70.7 Å². The van der Waals surface area contributed by atoms with Crippen LogP contribution in [-0.4, -0.2) is 76.2 Å². The fraction of sp³-hybridized carbons (Fsp3) is 0.304. The van der Waals surface area contributed by atoms with Crippen LogP contribution in [0.25, 0.3) is 0 Å². The van der Waals surface area contributed by atoms with Gasteiger partial charge >= 0.3 is 17.9 Å². The summed E-state index contributed by atoms with van der Waals surface area (Å²) in [6.07, 6.45) is -2.14. The van der Waals surface area contributed by atoms with Crippen molar-refractivity contribution in [1.82, 2.24) is 15.5 Å². The zero-order chi connectivity index (χ0) is 43.2. The monoisotopic (exact) mass is 853 g/mol. The van der Waals surface area contributed by atoms with Crippen molar-refractivity contribution in [3.8, 4) is 0 Å². The van der Waals surface area contributed by atoms with E-state index in [1.807, 2.05) is 121 Å². The summed E-state index contributed by atoms with van der Waals surface area (Å²) in [5.74, 6) is -4.10. The van der Waals surface area contributed by atoms with E-state index in [2.05, 4.69) is 10.6 Å². The molecule has 0 saturated carbocycles. The first-order valence-corrected chi connectivity index (χ1v) is 20.9. The van der Waals surface area contributed by atoms with Crippen molar-refractivity contribution in [2.24, 2.45) is 0 Å². The van der Waals surface area contributed by atoms with Gasteiger partial charge in [0.15, 0.2) is 12.2 Å². The fourth-order valence-electron chi connectivity index (χ4n) is 6.65. The minimum absolute atomic E-state index is 0.00317. The summed E-state index contributed by atoms with van der Waals surface area (Å²) < 4.78 is 17.0. The second-order valence-corrected chi connectivity index (χ2v) is 15.9. The normalized spacial score (nSPS) is 15.6. The molecule has 5 rings (SSSR count). The van der Waals surface area contributed by atoms with Crippen molar-refractivity contribution in [2.45, 2.75) is 69.2 Å². The predicted octanol–water partition coefficient (Wildman–Crippen LogP) is 6.79. The summed E-state index contributed by atoms with van der Waals surface area (Å²) in [5.41, 5.74) is 1.63. The molecular weight excluding hydrogens is 806 g/mol. The molecular formula is C46H48ClN3O9S. The summed E-state index contributed by atoms with van der Waals surface area (Å²) in [7, 11) is 1.27. The number of esters is 3. The maximum Gasteiger partial charge on any atom is 0.355 e. The number of hydrogen-bond donors (Lipinski definition) is 2. The Labute approximate surface area is 359 Å². The average molecular weight is 854 g/mol. The van der Waals surface area contributed by atoms with E-state index in [-0.39, 0.29) is 30.7 Å². The first-order chi connectivity index (χ1) is 28.9. The number of halogens is 1. The van der Waals surface area contributed by atoms with Crippen LogP contribution >= 0.6 is 23.4 Å². The Bertz CT molecular complexity index is 2080. The molecule has 4 aromatic rings. The van der Waals surface area contributed by atoms with Crippen LogP contribution in [0.1, 0.15) is 74.5 Å². The first-order valence-electron chi connectivity index (χ1n) is 19.3. The molecule has 14 heteroatoms. The highest BCUT2D eigenvalue weighted by molar-refractivity contribution is 8.00. The highest BCUT2D eigenvalue weighted by Gasteiger charge is 2.52. The van der Waals surface area contributed by atoms with Crippen LogP contribution in [0.4, 0.5) is 0 Å². The second kappa shape index (κ2) is 21.4. The van der Waals surface area contributed by atoms with Gasteiger partial charge in [-0.3, -0.25) is 24.1 Å². The van der Waals surface area contributed by atoms with Crippen LogP contribution in [0.3, 0.4) is 0 Å². The summed E-state index contributed by atoms with van der Waals surface area (Å²) in [6, 6.07) is 35.5. The molecule has 4 aromatic carbocycles. The largest absolute Gasteiger partial charge is 0.469 e. The maximum absolute atomic E-state index is 14.1. The summed E-state index contributed by atoms with van der Waals surface area (Å²) in [5, 5.41) is 4.57. The van der Waals surface area contributed by atoms with E-state index in [0.717, 1.165) is 11.1 Å². The van der Waals surface area contributed by atoms with Gasteiger partial charge in [-0.1, -0.05) is 121 Å². The average Bonchev–Trinajstić information content (AvgIpc) is 3.27. The Balaban J connectivity index is 1.35. The summed E-state index contributed by atoms with van der Waals surface area (Å²) in [4.78, 5) is 81.9. The molecule has 314 valence electrons. The molecule has 3 atom stereocenters. The molecule has 3 unspecified atom stereocenters. The molecule has 60 heavy (non-hydrogen) atoms. The molecule has 1 saturated heterocycles. The molecule has 2 N–H and O–H groups in total. The van der Waals surface area contributed by atoms with Gasteiger partial charge in [0.2, 0.25) is 11.8 Å². The highest BCUT2D eigenvalue weighted by Crippen LogP contribution is 2.38.